The molecule has 5 fully saturated rings. The van der Waals surface area contributed by atoms with Gasteiger partial charge in [-0.05, 0) is 62.2 Å². The SMILES string of the molecule is CC1C(=O)CCN(C23CC4CC(C)(CC(C)(C4)C2)C3)C1C. The molecule has 1 aliphatic heterocycles. The van der Waals surface area contributed by atoms with E-state index in [1.807, 2.05) is 0 Å². The molecule has 0 aromatic heterocycles. The largest absolute Gasteiger partial charge is 0.299 e. The molecule has 2 nitrogen and oxygen atoms in total. The lowest BCUT2D eigenvalue weighted by atomic mass is 9.42. The number of hydrogen-bond acceptors (Lipinski definition) is 2. The number of carbonyl (C=O) groups excluding carboxylic acids is 1. The summed E-state index contributed by atoms with van der Waals surface area (Å²) < 4.78 is 0. The highest BCUT2D eigenvalue weighted by molar-refractivity contribution is 5.82. The first-order valence-corrected chi connectivity index (χ1v) is 9.04. The Morgan fingerprint density at radius 1 is 1.00 bits per heavy atom. The maximum atomic E-state index is 12.1. The maximum absolute atomic E-state index is 12.1. The number of rotatable bonds is 1. The zero-order chi connectivity index (χ0) is 15.0. The normalized spacial score (nSPS) is 57.0. The molecule has 0 N–H and O–H groups in total. The van der Waals surface area contributed by atoms with Crippen LogP contribution in [0.1, 0.15) is 72.6 Å². The molecular weight excluding hydrogens is 258 g/mol. The van der Waals surface area contributed by atoms with Crippen LogP contribution >= 0.6 is 0 Å². The van der Waals surface area contributed by atoms with Gasteiger partial charge in [-0.2, -0.15) is 0 Å². The molecule has 5 rings (SSSR count). The molecule has 2 heteroatoms. The van der Waals surface area contributed by atoms with Crippen molar-refractivity contribution in [3.63, 3.8) is 0 Å². The van der Waals surface area contributed by atoms with Gasteiger partial charge >= 0.3 is 0 Å². The fourth-order valence-electron chi connectivity index (χ4n) is 7.58. The second kappa shape index (κ2) is 4.13. The molecular formula is C19H31NO. The monoisotopic (exact) mass is 289 g/mol. The van der Waals surface area contributed by atoms with E-state index in [-0.39, 0.29) is 5.92 Å². The average molecular weight is 289 g/mol. The first-order valence-electron chi connectivity index (χ1n) is 9.04. The van der Waals surface area contributed by atoms with Gasteiger partial charge in [0.25, 0.3) is 0 Å². The lowest BCUT2D eigenvalue weighted by Crippen LogP contribution is -2.68. The third-order valence-corrected chi connectivity index (χ3v) is 7.53. The Hall–Kier alpha value is -0.370. The summed E-state index contributed by atoms with van der Waals surface area (Å²) in [5.74, 6) is 1.66. The molecule has 4 saturated carbocycles. The molecule has 0 amide bonds. The number of ketones is 1. The van der Waals surface area contributed by atoms with Gasteiger partial charge < -0.3 is 0 Å². The van der Waals surface area contributed by atoms with Crippen LogP contribution in [0, 0.1) is 22.7 Å². The van der Waals surface area contributed by atoms with E-state index in [2.05, 4.69) is 32.6 Å². The van der Waals surface area contributed by atoms with Crippen LogP contribution in [-0.2, 0) is 4.79 Å². The summed E-state index contributed by atoms with van der Waals surface area (Å²) in [6.07, 6.45) is 9.32. The van der Waals surface area contributed by atoms with Gasteiger partial charge in [-0.3, -0.25) is 9.69 Å². The van der Waals surface area contributed by atoms with Crippen molar-refractivity contribution in [1.29, 1.82) is 0 Å². The molecule has 0 radical (unpaired) electrons. The van der Waals surface area contributed by atoms with Gasteiger partial charge in [-0.15, -0.1) is 0 Å². The van der Waals surface area contributed by atoms with Gasteiger partial charge in [0.2, 0.25) is 0 Å². The highest BCUT2D eigenvalue weighted by atomic mass is 16.1. The van der Waals surface area contributed by atoms with Crippen LogP contribution in [0.2, 0.25) is 0 Å². The first kappa shape index (κ1) is 14.2. The predicted molar refractivity (Wildman–Crippen MR) is 85.1 cm³/mol. The van der Waals surface area contributed by atoms with Crippen molar-refractivity contribution in [2.24, 2.45) is 22.7 Å². The first-order chi connectivity index (χ1) is 9.74. The standard InChI is InChI=1S/C19H31NO/c1-13-14(2)20(6-5-16(13)21)19-9-15-7-17(3,11-19)10-18(4,8-15)12-19/h13-15H,5-12H2,1-4H3. The zero-order valence-electron chi connectivity index (χ0n) is 14.2. The number of carbonyl (C=O) groups is 1. The third kappa shape index (κ3) is 1.97. The Morgan fingerprint density at radius 2 is 1.62 bits per heavy atom. The highest BCUT2D eigenvalue weighted by Crippen LogP contribution is 2.68. The number of hydrogen-bond donors (Lipinski definition) is 0. The fraction of sp³-hybridized carbons (Fsp3) is 0.947. The van der Waals surface area contributed by atoms with Crippen molar-refractivity contribution < 1.29 is 4.79 Å². The van der Waals surface area contributed by atoms with E-state index in [9.17, 15) is 4.79 Å². The van der Waals surface area contributed by atoms with Gasteiger partial charge in [-0.1, -0.05) is 20.8 Å². The van der Waals surface area contributed by atoms with Crippen molar-refractivity contribution in [1.82, 2.24) is 4.90 Å². The molecule has 0 aromatic carbocycles. The average Bonchev–Trinajstić information content (AvgIpc) is 2.31. The fourth-order valence-corrected chi connectivity index (χ4v) is 7.58. The van der Waals surface area contributed by atoms with Crippen molar-refractivity contribution in [3.05, 3.63) is 0 Å². The molecule has 21 heavy (non-hydrogen) atoms. The Labute approximate surface area is 129 Å². The summed E-state index contributed by atoms with van der Waals surface area (Å²) >= 11 is 0. The highest BCUT2D eigenvalue weighted by Gasteiger charge is 2.62. The smallest absolute Gasteiger partial charge is 0.138 e. The minimum absolute atomic E-state index is 0.229. The van der Waals surface area contributed by atoms with E-state index in [1.54, 1.807) is 0 Å². The van der Waals surface area contributed by atoms with E-state index in [4.69, 9.17) is 0 Å². The number of Topliss-reactive ketones (excluding diaryl/α,β-unsaturated/α-hetero) is 1. The van der Waals surface area contributed by atoms with Crippen molar-refractivity contribution in [3.8, 4) is 0 Å². The van der Waals surface area contributed by atoms with Gasteiger partial charge in [0, 0.05) is 30.5 Å². The van der Waals surface area contributed by atoms with Gasteiger partial charge in [-0.25, -0.2) is 0 Å². The third-order valence-electron chi connectivity index (χ3n) is 7.53. The Morgan fingerprint density at radius 3 is 2.19 bits per heavy atom. The quantitative estimate of drug-likeness (QED) is 0.726. The van der Waals surface area contributed by atoms with E-state index in [0.717, 1.165) is 18.9 Å². The van der Waals surface area contributed by atoms with Crippen molar-refractivity contribution in [2.45, 2.75) is 84.2 Å². The number of piperidine rings is 1. The van der Waals surface area contributed by atoms with Gasteiger partial charge in [0.1, 0.15) is 5.78 Å². The molecule has 4 bridgehead atoms. The van der Waals surface area contributed by atoms with Crippen LogP contribution in [0.15, 0.2) is 0 Å². The molecule has 118 valence electrons. The van der Waals surface area contributed by atoms with Crippen LogP contribution in [-0.4, -0.2) is 28.8 Å². The molecule has 4 aliphatic carbocycles. The number of nitrogens with zero attached hydrogens (tertiary/aromatic N) is 1. The summed E-state index contributed by atoms with van der Waals surface area (Å²) in [5, 5.41) is 0. The summed E-state index contributed by atoms with van der Waals surface area (Å²) in [7, 11) is 0. The van der Waals surface area contributed by atoms with Crippen LogP contribution in [0.3, 0.4) is 0 Å². The van der Waals surface area contributed by atoms with Crippen LogP contribution in [0.4, 0.5) is 0 Å². The molecule has 4 atom stereocenters. The van der Waals surface area contributed by atoms with Crippen LogP contribution in [0.5, 0.6) is 0 Å². The van der Waals surface area contributed by atoms with Crippen LogP contribution in [0.25, 0.3) is 0 Å². The summed E-state index contributed by atoms with van der Waals surface area (Å²) in [4.78, 5) is 14.9. The zero-order valence-corrected chi connectivity index (χ0v) is 14.2. The summed E-state index contributed by atoms with van der Waals surface area (Å²) in [5.41, 5.74) is 1.55. The van der Waals surface area contributed by atoms with Crippen molar-refractivity contribution in [2.75, 3.05) is 6.54 Å². The van der Waals surface area contributed by atoms with E-state index >= 15 is 0 Å². The Bertz CT molecular complexity index is 466. The van der Waals surface area contributed by atoms with Crippen LogP contribution < -0.4 is 0 Å². The second-order valence-electron chi connectivity index (χ2n) is 9.79. The van der Waals surface area contributed by atoms with E-state index < -0.39 is 0 Å². The topological polar surface area (TPSA) is 20.3 Å². The van der Waals surface area contributed by atoms with E-state index in [0.29, 0.717) is 28.2 Å². The number of likely N-dealkylation sites (tertiary alicyclic amines) is 1. The van der Waals surface area contributed by atoms with Gasteiger partial charge in [0.15, 0.2) is 0 Å². The molecule has 0 spiro atoms. The molecule has 5 aliphatic rings. The maximum Gasteiger partial charge on any atom is 0.138 e. The minimum atomic E-state index is 0.229. The van der Waals surface area contributed by atoms with Gasteiger partial charge in [0.05, 0.1) is 0 Å². The Balaban J connectivity index is 1.69. The molecule has 1 saturated heterocycles. The minimum Gasteiger partial charge on any atom is -0.299 e. The summed E-state index contributed by atoms with van der Waals surface area (Å²) in [6.45, 7) is 10.6. The summed E-state index contributed by atoms with van der Waals surface area (Å²) in [6, 6.07) is 0.440. The Kier molecular flexibility index (Phi) is 2.80. The lowest BCUT2D eigenvalue weighted by Gasteiger charge is -2.69. The second-order valence-corrected chi connectivity index (χ2v) is 9.79. The lowest BCUT2D eigenvalue weighted by molar-refractivity contribution is -0.179. The predicted octanol–water partition coefficient (Wildman–Crippen LogP) is 4.03. The molecule has 0 aromatic rings. The molecule has 1 heterocycles. The molecule has 4 unspecified atom stereocenters. The van der Waals surface area contributed by atoms with Crippen molar-refractivity contribution >= 4 is 5.78 Å². The van der Waals surface area contributed by atoms with E-state index in [1.165, 1.54) is 38.5 Å².